The van der Waals surface area contributed by atoms with E-state index < -0.39 is 0 Å². The maximum Gasteiger partial charge on any atom is 0.113 e. The van der Waals surface area contributed by atoms with E-state index in [2.05, 4.69) is 265 Å². The van der Waals surface area contributed by atoms with E-state index in [4.69, 9.17) is 20.0 Å². The zero-order valence-electron chi connectivity index (χ0n) is 50.9. The van der Waals surface area contributed by atoms with Crippen LogP contribution < -0.4 is 0 Å². The number of fused-ring (bicyclic) bond motifs is 9. The molecule has 8 aromatic carbocycles. The molecule has 0 atom stereocenters. The fraction of sp³-hybridized carbons (Fsp3) is 0.0588. The van der Waals surface area contributed by atoms with Gasteiger partial charge in [-0.2, -0.15) is 0 Å². The van der Waals surface area contributed by atoms with Crippen LogP contribution in [0, 0.1) is 0 Å². The number of pyridine rings is 1. The van der Waals surface area contributed by atoms with Crippen molar-refractivity contribution in [2.24, 2.45) is 15.0 Å². The van der Waals surface area contributed by atoms with Crippen LogP contribution >= 0.6 is 11.3 Å². The van der Waals surface area contributed by atoms with Gasteiger partial charge in [0, 0.05) is 88.6 Å². The summed E-state index contributed by atoms with van der Waals surface area (Å²) in [4.78, 5) is 19.4. The van der Waals surface area contributed by atoms with Crippen molar-refractivity contribution in [1.29, 1.82) is 0 Å². The van der Waals surface area contributed by atoms with Crippen LogP contribution in [0.15, 0.2) is 317 Å². The summed E-state index contributed by atoms with van der Waals surface area (Å²) in [6.45, 7) is 4.33. The normalized spacial score (nSPS) is 14.7. The van der Waals surface area contributed by atoms with Crippen molar-refractivity contribution in [2.45, 2.75) is 33.1 Å². The van der Waals surface area contributed by atoms with Crippen molar-refractivity contribution in [3.05, 3.63) is 324 Å². The fourth-order valence-corrected chi connectivity index (χ4v) is 14.8. The van der Waals surface area contributed by atoms with E-state index in [9.17, 15) is 0 Å². The monoisotopic (exact) mass is 1200 g/mol. The average molecular weight is 1200 g/mol. The van der Waals surface area contributed by atoms with Gasteiger partial charge in [-0.1, -0.05) is 152 Å². The van der Waals surface area contributed by atoms with Gasteiger partial charge >= 0.3 is 0 Å². The van der Waals surface area contributed by atoms with Gasteiger partial charge in [-0.15, -0.1) is 17.1 Å². The fourth-order valence-electron chi connectivity index (χ4n) is 13.7. The summed E-state index contributed by atoms with van der Waals surface area (Å²) in [6.07, 6.45) is 39.7. The van der Waals surface area contributed by atoms with Crippen molar-refractivity contribution in [2.75, 3.05) is 0 Å². The Hall–Kier alpha value is -11.6. The van der Waals surface area contributed by atoms with Crippen LogP contribution in [0.25, 0.3) is 127 Å². The minimum atomic E-state index is 0.754. The van der Waals surface area contributed by atoms with E-state index in [1.807, 2.05) is 66.4 Å². The second-order valence-corrected chi connectivity index (χ2v) is 24.3. The lowest BCUT2D eigenvalue weighted by molar-refractivity contribution is 1.11. The summed E-state index contributed by atoms with van der Waals surface area (Å²) in [7, 11) is 0. The molecule has 0 radical (unpaired) electrons. The number of aromatic nitrogens is 3. The molecule has 92 heavy (non-hydrogen) atoms. The Kier molecular flexibility index (Phi) is 14.6. The third kappa shape index (κ3) is 10.0. The number of nitrogens with zero attached hydrogens (tertiary/aromatic N) is 6. The van der Waals surface area contributed by atoms with Gasteiger partial charge in [-0.25, -0.2) is 9.98 Å². The lowest BCUT2D eigenvalue weighted by atomic mass is 9.91. The molecule has 16 rings (SSSR count). The molecule has 436 valence electrons. The Balaban J connectivity index is 0.882. The molecule has 7 heterocycles. The topological polar surface area (TPSA) is 59.8 Å². The molecule has 0 fully saturated rings. The minimum absolute atomic E-state index is 0.754. The first-order valence-electron chi connectivity index (χ1n) is 31.5. The molecule has 0 N–H and O–H groups in total. The lowest BCUT2D eigenvalue weighted by Gasteiger charge is -2.14. The number of allylic oxidation sites excluding steroid dienone is 15. The maximum absolute atomic E-state index is 4.90. The van der Waals surface area contributed by atoms with Gasteiger partial charge in [-0.05, 0) is 204 Å². The third-order valence-electron chi connectivity index (χ3n) is 17.9. The Bertz CT molecular complexity index is 5580. The molecule has 0 unspecified atom stereocenters. The second-order valence-electron chi connectivity index (χ2n) is 23.2. The predicted octanol–water partition coefficient (Wildman–Crippen LogP) is 22.3. The molecule has 0 bridgehead atoms. The van der Waals surface area contributed by atoms with E-state index in [-0.39, 0.29) is 0 Å². The van der Waals surface area contributed by atoms with Crippen molar-refractivity contribution in [3.63, 3.8) is 0 Å². The first-order valence-corrected chi connectivity index (χ1v) is 32.3. The molecule has 0 spiro atoms. The van der Waals surface area contributed by atoms with Gasteiger partial charge in [0.25, 0.3) is 0 Å². The van der Waals surface area contributed by atoms with Crippen molar-refractivity contribution < 1.29 is 0 Å². The van der Waals surface area contributed by atoms with Crippen LogP contribution in [0.1, 0.15) is 55.5 Å². The van der Waals surface area contributed by atoms with Gasteiger partial charge in [0.2, 0.25) is 0 Å². The highest BCUT2D eigenvalue weighted by molar-refractivity contribution is 7.25. The second kappa shape index (κ2) is 24.1. The van der Waals surface area contributed by atoms with Gasteiger partial charge in [0.15, 0.2) is 0 Å². The van der Waals surface area contributed by atoms with Gasteiger partial charge in [-0.3, -0.25) is 9.98 Å². The van der Waals surface area contributed by atoms with E-state index in [1.54, 1.807) is 6.20 Å². The Labute approximate surface area is 538 Å². The number of thiophene rings is 1. The highest BCUT2D eigenvalue weighted by Crippen LogP contribution is 2.45. The molecule has 6 nitrogen and oxygen atoms in total. The Morgan fingerprint density at radius 3 is 1.92 bits per heavy atom. The smallest absolute Gasteiger partial charge is 0.113 e. The molecular formula is C85H60N6S. The van der Waals surface area contributed by atoms with Crippen molar-refractivity contribution in [1.82, 2.24) is 14.1 Å². The van der Waals surface area contributed by atoms with E-state index in [0.29, 0.717) is 0 Å². The van der Waals surface area contributed by atoms with Crippen molar-refractivity contribution in [3.8, 4) is 56.0 Å². The quantitative estimate of drug-likeness (QED) is 0.0888. The maximum atomic E-state index is 4.90. The standard InChI is InChI=1S/C85H60N6S/c1-3-23-63(62(4-2)76-31-8-5-18-46-86-76)56-24-22-35-80-70(50-56)71-51-57(66-27-13-16-30-69(66)79-34-17-21-49-89-79)36-41-81(71)90(80)60-39-44-84-74(54-60)75-55-61(40-45-85(75)92-84)91-82-42-37-58(64-25-11-14-28-67(64)77-32-9-6-19-47-87-77)52-72(82)73-53-59(38-43-83(73)91)65-26-12-15-29-68(65)78-33-10-7-20-48-88-78/h3,5-6,8-17,19-23,25-31,33-55H,4,7,24H2,1-2H3/b23-3-,63-62-. The van der Waals surface area contributed by atoms with Crippen LogP contribution in [0.2, 0.25) is 0 Å². The molecule has 0 saturated carbocycles. The van der Waals surface area contributed by atoms with Gasteiger partial charge in [0.05, 0.1) is 45.6 Å². The molecule has 4 aliphatic rings. The summed E-state index contributed by atoms with van der Waals surface area (Å²) in [5, 5.41) is 5.92. The van der Waals surface area contributed by atoms with Crippen LogP contribution in [-0.2, 0) is 0 Å². The van der Waals surface area contributed by atoms with Gasteiger partial charge < -0.3 is 9.13 Å². The zero-order valence-corrected chi connectivity index (χ0v) is 51.7. The first-order chi connectivity index (χ1) is 45.6. The SMILES string of the molecule is C/C=C\C(C1=Cc2c(n(-c3ccc4sc5ccc(-n6c7ccc(-c8ccccc8C8=C=CC=CC=N8)cc7c7cc(-c8ccccc8C8=NC=CCC=C8)ccc76)cc5c4c3)c3ccc(-c4ccccc4-c4ccccn4)cc23)C=CC1)=C(/CC)C1=NC=C=CC=C1. The molecule has 7 heteroatoms. The largest absolute Gasteiger partial charge is 0.309 e. The van der Waals surface area contributed by atoms with Crippen LogP contribution in [0.5, 0.6) is 0 Å². The van der Waals surface area contributed by atoms with E-state index >= 15 is 0 Å². The first kappa shape index (κ1) is 55.7. The summed E-state index contributed by atoms with van der Waals surface area (Å²) in [6, 6.07) is 67.0. The van der Waals surface area contributed by atoms with Crippen molar-refractivity contribution >= 4 is 99.7 Å². The summed E-state index contributed by atoms with van der Waals surface area (Å²) >= 11 is 1.85. The molecular weight excluding hydrogens is 1140 g/mol. The highest BCUT2D eigenvalue weighted by atomic mass is 32.1. The van der Waals surface area contributed by atoms with Gasteiger partial charge in [0.1, 0.15) is 5.70 Å². The highest BCUT2D eigenvalue weighted by Gasteiger charge is 2.24. The molecule has 3 aliphatic heterocycles. The third-order valence-corrected chi connectivity index (χ3v) is 19.0. The predicted molar refractivity (Wildman–Crippen MR) is 392 cm³/mol. The number of benzene rings is 8. The lowest BCUT2D eigenvalue weighted by Crippen LogP contribution is -2.04. The minimum Gasteiger partial charge on any atom is -0.309 e. The molecule has 1 aliphatic carbocycles. The molecule has 0 saturated heterocycles. The summed E-state index contributed by atoms with van der Waals surface area (Å²) in [5.41, 5.74) is 31.7. The molecule has 0 amide bonds. The Morgan fingerprint density at radius 1 is 0.565 bits per heavy atom. The number of rotatable bonds is 12. The Morgan fingerprint density at radius 2 is 1.22 bits per heavy atom. The molecule has 12 aromatic rings. The summed E-state index contributed by atoms with van der Waals surface area (Å²) < 4.78 is 7.41. The molecule has 4 aromatic heterocycles. The number of hydrogen-bond acceptors (Lipinski definition) is 5. The average Bonchev–Trinajstić information content (AvgIpc) is 1.60. The van der Waals surface area contributed by atoms with E-state index in [1.165, 1.54) is 47.8 Å². The zero-order chi connectivity index (χ0) is 61.5. The number of aliphatic imine (C=N–C) groups is 3. The number of hydrogen-bond donors (Lipinski definition) is 0. The van der Waals surface area contributed by atoms with Crippen LogP contribution in [-0.4, -0.2) is 31.8 Å². The summed E-state index contributed by atoms with van der Waals surface area (Å²) in [5.74, 6) is 0. The van der Waals surface area contributed by atoms with Crippen LogP contribution in [0.4, 0.5) is 0 Å². The van der Waals surface area contributed by atoms with Crippen LogP contribution in [0.3, 0.4) is 0 Å². The van der Waals surface area contributed by atoms with E-state index in [0.717, 1.165) is 137 Å².